The highest BCUT2D eigenvalue weighted by molar-refractivity contribution is 9.10. The summed E-state index contributed by atoms with van der Waals surface area (Å²) in [5.74, 6) is 2.66. The molecule has 1 aliphatic rings. The molecule has 0 spiro atoms. The highest BCUT2D eigenvalue weighted by Gasteiger charge is 2.27. The molecule has 7 heteroatoms. The largest absolute Gasteiger partial charge is 0.327 e. The lowest BCUT2D eigenvalue weighted by Crippen LogP contribution is -2.33. The normalized spacial score (nSPS) is 14.5. The van der Waals surface area contributed by atoms with E-state index >= 15 is 0 Å². The van der Waals surface area contributed by atoms with Crippen molar-refractivity contribution in [2.24, 2.45) is 5.92 Å². The quantitative estimate of drug-likeness (QED) is 0.574. The smallest absolute Gasteiger partial charge is 0.261 e. The van der Waals surface area contributed by atoms with Gasteiger partial charge in [0.1, 0.15) is 0 Å². The number of rotatable bonds is 5. The SMILES string of the molecule is C#CCN(CC1CC1)C(=O)c1cc(Br)cc(S(=O)(=O)Cl)c1. The molecule has 0 aliphatic heterocycles. The number of benzene rings is 1. The van der Waals surface area contributed by atoms with Crippen LogP contribution in [0.1, 0.15) is 23.2 Å². The van der Waals surface area contributed by atoms with E-state index < -0.39 is 9.05 Å². The molecule has 1 aromatic rings. The maximum absolute atomic E-state index is 12.5. The van der Waals surface area contributed by atoms with Gasteiger partial charge in [0.15, 0.2) is 0 Å². The van der Waals surface area contributed by atoms with E-state index in [4.69, 9.17) is 17.1 Å². The Labute approximate surface area is 137 Å². The van der Waals surface area contributed by atoms with Gasteiger partial charge in [0, 0.05) is 27.3 Å². The number of nitrogens with zero attached hydrogens (tertiary/aromatic N) is 1. The monoisotopic (exact) mass is 389 g/mol. The molecule has 1 saturated carbocycles. The van der Waals surface area contributed by atoms with E-state index in [2.05, 4.69) is 21.9 Å². The topological polar surface area (TPSA) is 54.5 Å². The highest BCUT2D eigenvalue weighted by atomic mass is 79.9. The predicted molar refractivity (Wildman–Crippen MR) is 84.6 cm³/mol. The molecule has 0 N–H and O–H groups in total. The summed E-state index contributed by atoms with van der Waals surface area (Å²) >= 11 is 3.19. The second kappa shape index (κ2) is 6.39. The second-order valence-corrected chi connectivity index (χ2v) is 8.43. The van der Waals surface area contributed by atoms with Gasteiger partial charge >= 0.3 is 0 Å². The van der Waals surface area contributed by atoms with Gasteiger partial charge in [-0.15, -0.1) is 6.42 Å². The molecule has 1 fully saturated rings. The minimum atomic E-state index is -3.90. The maximum atomic E-state index is 12.5. The number of carbonyl (C=O) groups is 1. The second-order valence-electron chi connectivity index (χ2n) is 4.95. The summed E-state index contributed by atoms with van der Waals surface area (Å²) in [4.78, 5) is 13.9. The van der Waals surface area contributed by atoms with E-state index in [1.165, 1.54) is 12.1 Å². The van der Waals surface area contributed by atoms with Gasteiger partial charge < -0.3 is 4.90 Å². The fraction of sp³-hybridized carbons (Fsp3) is 0.357. The Morgan fingerprint density at radius 2 is 2.10 bits per heavy atom. The molecule has 1 aliphatic carbocycles. The molecule has 0 radical (unpaired) electrons. The number of carbonyl (C=O) groups excluding carboxylic acids is 1. The van der Waals surface area contributed by atoms with Gasteiger partial charge in [-0.05, 0) is 37.0 Å². The van der Waals surface area contributed by atoms with Crippen LogP contribution in [0.25, 0.3) is 0 Å². The van der Waals surface area contributed by atoms with Crippen molar-refractivity contribution in [3.63, 3.8) is 0 Å². The first kappa shape index (κ1) is 16.3. The Hall–Kier alpha value is -1.03. The van der Waals surface area contributed by atoms with Crippen molar-refractivity contribution in [2.75, 3.05) is 13.1 Å². The van der Waals surface area contributed by atoms with Crippen molar-refractivity contribution >= 4 is 41.6 Å². The fourth-order valence-electron chi connectivity index (χ4n) is 1.95. The first-order valence-electron chi connectivity index (χ1n) is 6.29. The van der Waals surface area contributed by atoms with Crippen LogP contribution in [0.2, 0.25) is 0 Å². The van der Waals surface area contributed by atoms with Gasteiger partial charge in [-0.2, -0.15) is 0 Å². The average molecular weight is 391 g/mol. The van der Waals surface area contributed by atoms with Crippen molar-refractivity contribution in [3.8, 4) is 12.3 Å². The molecule has 112 valence electrons. The first-order valence-corrected chi connectivity index (χ1v) is 9.39. The van der Waals surface area contributed by atoms with Crippen LogP contribution in [0.5, 0.6) is 0 Å². The van der Waals surface area contributed by atoms with Crippen molar-refractivity contribution in [2.45, 2.75) is 17.7 Å². The number of halogens is 2. The molecule has 0 aromatic heterocycles. The van der Waals surface area contributed by atoms with Crippen LogP contribution in [0.4, 0.5) is 0 Å². The average Bonchev–Trinajstić information content (AvgIpc) is 3.19. The Balaban J connectivity index is 2.32. The van der Waals surface area contributed by atoms with Gasteiger partial charge in [0.2, 0.25) is 0 Å². The first-order chi connectivity index (χ1) is 9.81. The van der Waals surface area contributed by atoms with E-state index in [0.717, 1.165) is 12.8 Å². The van der Waals surface area contributed by atoms with E-state index in [9.17, 15) is 13.2 Å². The number of amides is 1. The fourth-order valence-corrected chi connectivity index (χ4v) is 3.40. The van der Waals surface area contributed by atoms with Gasteiger partial charge in [-0.3, -0.25) is 4.79 Å². The minimum absolute atomic E-state index is 0.117. The molecular formula is C14H13BrClNO3S. The molecule has 1 amide bonds. The summed E-state index contributed by atoms with van der Waals surface area (Å²) in [6.07, 6.45) is 7.48. The summed E-state index contributed by atoms with van der Waals surface area (Å²) in [5, 5.41) is 0. The Kier molecular flexibility index (Phi) is 4.97. The molecule has 0 bridgehead atoms. The number of terminal acetylenes is 1. The summed E-state index contributed by atoms with van der Waals surface area (Å²) in [5.41, 5.74) is 0.250. The standard InChI is InChI=1S/C14H13BrClNO3S/c1-2-5-17(9-10-3-4-10)14(18)11-6-12(15)8-13(7-11)21(16,19)20/h1,6-8,10H,3-5,9H2. The maximum Gasteiger partial charge on any atom is 0.261 e. The number of hydrogen-bond donors (Lipinski definition) is 0. The van der Waals surface area contributed by atoms with Crippen LogP contribution in [0.15, 0.2) is 27.6 Å². The van der Waals surface area contributed by atoms with E-state index in [1.54, 1.807) is 11.0 Å². The van der Waals surface area contributed by atoms with Gasteiger partial charge in [0.05, 0.1) is 11.4 Å². The molecular weight excluding hydrogens is 378 g/mol. The Bertz CT molecular complexity index is 707. The molecule has 0 heterocycles. The molecule has 0 unspecified atom stereocenters. The lowest BCUT2D eigenvalue weighted by atomic mass is 10.2. The van der Waals surface area contributed by atoms with E-state index in [1.807, 2.05) is 0 Å². The van der Waals surface area contributed by atoms with Gasteiger partial charge in [-0.25, -0.2) is 8.42 Å². The molecule has 4 nitrogen and oxygen atoms in total. The van der Waals surface area contributed by atoms with Crippen molar-refractivity contribution in [3.05, 3.63) is 28.2 Å². The van der Waals surface area contributed by atoms with E-state index in [-0.39, 0.29) is 22.9 Å². The Morgan fingerprint density at radius 1 is 1.43 bits per heavy atom. The molecule has 0 saturated heterocycles. The van der Waals surface area contributed by atoms with E-state index in [0.29, 0.717) is 16.9 Å². The molecule has 0 atom stereocenters. The lowest BCUT2D eigenvalue weighted by Gasteiger charge is -2.20. The molecule has 2 rings (SSSR count). The third-order valence-corrected chi connectivity index (χ3v) is 4.94. The van der Waals surface area contributed by atoms with Crippen LogP contribution in [0.3, 0.4) is 0 Å². The zero-order chi connectivity index (χ0) is 15.6. The van der Waals surface area contributed by atoms with Gasteiger partial charge in [0.25, 0.3) is 15.0 Å². The van der Waals surface area contributed by atoms with Gasteiger partial charge in [-0.1, -0.05) is 21.9 Å². The zero-order valence-corrected chi connectivity index (χ0v) is 14.2. The lowest BCUT2D eigenvalue weighted by molar-refractivity contribution is 0.0769. The third-order valence-electron chi connectivity index (χ3n) is 3.14. The Morgan fingerprint density at radius 3 is 2.62 bits per heavy atom. The van der Waals surface area contributed by atoms with Crippen LogP contribution >= 0.6 is 26.6 Å². The minimum Gasteiger partial charge on any atom is -0.327 e. The van der Waals surface area contributed by atoms with Crippen LogP contribution in [0, 0.1) is 18.3 Å². The zero-order valence-electron chi connectivity index (χ0n) is 11.1. The molecule has 21 heavy (non-hydrogen) atoms. The predicted octanol–water partition coefficient (Wildman–Crippen LogP) is 2.86. The summed E-state index contributed by atoms with van der Waals surface area (Å²) in [6, 6.07) is 4.18. The van der Waals surface area contributed by atoms with Crippen LogP contribution in [-0.4, -0.2) is 32.3 Å². The summed E-state index contributed by atoms with van der Waals surface area (Å²) in [6.45, 7) is 0.795. The summed E-state index contributed by atoms with van der Waals surface area (Å²) < 4.78 is 23.3. The summed E-state index contributed by atoms with van der Waals surface area (Å²) in [7, 11) is 1.44. The third kappa shape index (κ3) is 4.47. The van der Waals surface area contributed by atoms with Crippen LogP contribution in [-0.2, 0) is 9.05 Å². The van der Waals surface area contributed by atoms with Crippen molar-refractivity contribution < 1.29 is 13.2 Å². The highest BCUT2D eigenvalue weighted by Crippen LogP contribution is 2.30. The van der Waals surface area contributed by atoms with Crippen molar-refractivity contribution in [1.82, 2.24) is 4.90 Å². The van der Waals surface area contributed by atoms with Crippen molar-refractivity contribution in [1.29, 1.82) is 0 Å². The van der Waals surface area contributed by atoms with Crippen LogP contribution < -0.4 is 0 Å². The number of hydrogen-bond acceptors (Lipinski definition) is 3. The molecule has 1 aromatic carbocycles.